The van der Waals surface area contributed by atoms with E-state index < -0.39 is 6.09 Å². The molecule has 1 amide bonds. The number of hydrogen-bond acceptors (Lipinski definition) is 6. The molecule has 138 valence electrons. The van der Waals surface area contributed by atoms with Crippen LogP contribution in [-0.4, -0.2) is 55.6 Å². The van der Waals surface area contributed by atoms with Crippen LogP contribution < -0.4 is 15.0 Å². The summed E-state index contributed by atoms with van der Waals surface area (Å²) in [6, 6.07) is 5.75. The molecule has 2 aromatic rings. The number of ether oxygens (including phenoxy) is 2. The molecule has 1 aromatic heterocycles. The van der Waals surface area contributed by atoms with Crippen molar-refractivity contribution in [3.05, 3.63) is 30.1 Å². The molecule has 0 unspecified atom stereocenters. The largest absolute Gasteiger partial charge is 0.489 e. The van der Waals surface area contributed by atoms with Gasteiger partial charge in [-0.1, -0.05) is 0 Å². The minimum absolute atomic E-state index is 0.0715. The number of carboxylic acid groups (broad SMARTS) is 1. The Morgan fingerprint density at radius 2 is 2.27 bits per heavy atom. The minimum Gasteiger partial charge on any atom is -0.489 e. The van der Waals surface area contributed by atoms with Crippen molar-refractivity contribution in [1.29, 1.82) is 0 Å². The molecule has 2 fully saturated rings. The molecule has 3 heterocycles. The van der Waals surface area contributed by atoms with Gasteiger partial charge in [0.1, 0.15) is 17.9 Å². The second-order valence-corrected chi connectivity index (χ2v) is 6.69. The fourth-order valence-electron chi connectivity index (χ4n) is 3.08. The quantitative estimate of drug-likeness (QED) is 0.812. The summed E-state index contributed by atoms with van der Waals surface area (Å²) in [5, 5.41) is 10.6. The van der Waals surface area contributed by atoms with E-state index in [1.807, 2.05) is 0 Å². The van der Waals surface area contributed by atoms with E-state index in [1.165, 1.54) is 0 Å². The van der Waals surface area contributed by atoms with E-state index in [0.29, 0.717) is 29.2 Å². The van der Waals surface area contributed by atoms with Gasteiger partial charge in [0.2, 0.25) is 0 Å². The Morgan fingerprint density at radius 3 is 2.92 bits per heavy atom. The molecule has 26 heavy (non-hydrogen) atoms. The number of carbonyl (C=O) groups is 1. The Labute approximate surface area is 148 Å². The number of rotatable bonds is 6. The molecule has 2 aliphatic rings. The highest BCUT2D eigenvalue weighted by Crippen LogP contribution is 2.40. The van der Waals surface area contributed by atoms with Crippen LogP contribution in [0.1, 0.15) is 0 Å². The lowest BCUT2D eigenvalue weighted by molar-refractivity contribution is -0.128. The summed E-state index contributed by atoms with van der Waals surface area (Å²) in [4.78, 5) is 17.0. The van der Waals surface area contributed by atoms with Gasteiger partial charge in [0.25, 0.3) is 6.01 Å². The highest BCUT2D eigenvalue weighted by molar-refractivity contribution is 5.76. The number of halogens is 1. The molecule has 2 aliphatic heterocycles. The van der Waals surface area contributed by atoms with E-state index in [9.17, 15) is 9.18 Å². The summed E-state index contributed by atoms with van der Waals surface area (Å²) in [7, 11) is 0. The Hall–Kier alpha value is -2.81. The third-order valence-corrected chi connectivity index (χ3v) is 4.53. The maximum atomic E-state index is 12.8. The van der Waals surface area contributed by atoms with Crippen LogP contribution in [0.15, 0.2) is 34.5 Å². The number of benzene rings is 1. The van der Waals surface area contributed by atoms with Gasteiger partial charge < -0.3 is 29.2 Å². The van der Waals surface area contributed by atoms with E-state index in [2.05, 4.69) is 15.2 Å². The van der Waals surface area contributed by atoms with Crippen LogP contribution in [-0.2, 0) is 4.74 Å². The summed E-state index contributed by atoms with van der Waals surface area (Å²) >= 11 is 0. The third kappa shape index (κ3) is 3.17. The average Bonchev–Trinajstić information content (AvgIpc) is 2.95. The lowest BCUT2D eigenvalue weighted by atomic mass is 9.78. The van der Waals surface area contributed by atoms with Crippen molar-refractivity contribution in [1.82, 2.24) is 10.3 Å². The van der Waals surface area contributed by atoms with Gasteiger partial charge in [0, 0.05) is 31.3 Å². The zero-order valence-electron chi connectivity index (χ0n) is 13.9. The van der Waals surface area contributed by atoms with Crippen molar-refractivity contribution in [2.75, 3.05) is 44.4 Å². The number of aromatic nitrogens is 1. The molecule has 0 atom stereocenters. The number of amides is 1. The lowest BCUT2D eigenvalue weighted by Crippen LogP contribution is -2.66. The van der Waals surface area contributed by atoms with Crippen LogP contribution in [0, 0.1) is 5.41 Å². The topological polar surface area (TPSA) is 97.1 Å². The zero-order chi connectivity index (χ0) is 18.1. The predicted octanol–water partition coefficient (Wildman–Crippen LogP) is 2.16. The number of hydrogen-bond donors (Lipinski definition) is 2. The van der Waals surface area contributed by atoms with Crippen LogP contribution in [0.4, 0.5) is 15.2 Å². The Balaban J connectivity index is 1.38. The van der Waals surface area contributed by atoms with Gasteiger partial charge in [-0.15, -0.1) is 0 Å². The molecule has 0 aliphatic carbocycles. The summed E-state index contributed by atoms with van der Waals surface area (Å²) in [5.41, 5.74) is 1.75. The monoisotopic (exact) mass is 363 g/mol. The molecular weight excluding hydrogens is 345 g/mol. The normalized spacial score (nSPS) is 18.5. The van der Waals surface area contributed by atoms with Crippen molar-refractivity contribution in [2.24, 2.45) is 5.41 Å². The van der Waals surface area contributed by atoms with Crippen molar-refractivity contribution in [3.8, 4) is 5.75 Å². The second kappa shape index (κ2) is 6.49. The van der Waals surface area contributed by atoms with Crippen molar-refractivity contribution < 1.29 is 28.2 Å². The van der Waals surface area contributed by atoms with E-state index in [4.69, 9.17) is 19.0 Å². The van der Waals surface area contributed by atoms with Gasteiger partial charge in [-0.3, -0.25) is 0 Å². The molecule has 8 nitrogen and oxygen atoms in total. The van der Waals surface area contributed by atoms with Crippen LogP contribution in [0.25, 0.3) is 11.1 Å². The standard InChI is InChI=1S/C17H18FN3O5/c18-4-11(5-19-16(22)23)6-25-12-1-2-13-14(3-12)26-15(20-13)21-7-17(8-21)9-24-10-17/h1-4,19H,5-10H2,(H,22,23)/b11-4+. The van der Waals surface area contributed by atoms with Crippen molar-refractivity contribution >= 4 is 23.2 Å². The summed E-state index contributed by atoms with van der Waals surface area (Å²) < 4.78 is 29.4. The number of nitrogens with zero attached hydrogens (tertiary/aromatic N) is 2. The van der Waals surface area contributed by atoms with Crippen molar-refractivity contribution in [2.45, 2.75) is 0 Å². The smallest absolute Gasteiger partial charge is 0.404 e. The molecule has 2 saturated heterocycles. The van der Waals surface area contributed by atoms with Gasteiger partial charge in [0.15, 0.2) is 5.58 Å². The number of anilines is 1. The number of oxazole rings is 1. The van der Waals surface area contributed by atoms with Crippen molar-refractivity contribution in [3.63, 3.8) is 0 Å². The molecule has 2 N–H and O–H groups in total. The van der Waals surface area contributed by atoms with Gasteiger partial charge in [0.05, 0.1) is 25.0 Å². The first-order valence-electron chi connectivity index (χ1n) is 8.18. The summed E-state index contributed by atoms with van der Waals surface area (Å²) in [6.45, 7) is 3.14. The molecule has 0 bridgehead atoms. The highest BCUT2D eigenvalue weighted by atomic mass is 19.1. The summed E-state index contributed by atoms with van der Waals surface area (Å²) in [6.07, 6.45) is -0.883. The molecular formula is C17H18FN3O5. The zero-order valence-corrected chi connectivity index (χ0v) is 13.9. The number of fused-ring (bicyclic) bond motifs is 1. The lowest BCUT2D eigenvalue weighted by Gasteiger charge is -2.54. The Morgan fingerprint density at radius 1 is 1.46 bits per heavy atom. The van der Waals surface area contributed by atoms with Crippen LogP contribution >= 0.6 is 0 Å². The first-order valence-corrected chi connectivity index (χ1v) is 8.18. The van der Waals surface area contributed by atoms with Gasteiger partial charge in [-0.05, 0) is 12.1 Å². The fourth-order valence-corrected chi connectivity index (χ4v) is 3.08. The van der Waals surface area contributed by atoms with Gasteiger partial charge in [-0.2, -0.15) is 4.98 Å². The van der Waals surface area contributed by atoms with Crippen LogP contribution in [0.2, 0.25) is 0 Å². The maximum Gasteiger partial charge on any atom is 0.404 e. The first-order chi connectivity index (χ1) is 12.6. The molecule has 0 saturated carbocycles. The Bertz CT molecular complexity index is 853. The fraction of sp³-hybridized carbons (Fsp3) is 0.412. The summed E-state index contributed by atoms with van der Waals surface area (Å²) in [5.74, 6) is 0.488. The second-order valence-electron chi connectivity index (χ2n) is 6.69. The van der Waals surface area contributed by atoms with E-state index in [0.717, 1.165) is 26.3 Å². The van der Waals surface area contributed by atoms with Gasteiger partial charge in [-0.25, -0.2) is 9.18 Å². The molecule has 1 aromatic carbocycles. The number of nitrogens with one attached hydrogen (secondary N) is 1. The average molecular weight is 363 g/mol. The first kappa shape index (κ1) is 16.6. The minimum atomic E-state index is -1.22. The van der Waals surface area contributed by atoms with E-state index in [-0.39, 0.29) is 24.1 Å². The Kier molecular flexibility index (Phi) is 4.15. The van der Waals surface area contributed by atoms with Crippen LogP contribution in [0.5, 0.6) is 5.75 Å². The van der Waals surface area contributed by atoms with E-state index in [1.54, 1.807) is 18.2 Å². The molecule has 4 rings (SSSR count). The van der Waals surface area contributed by atoms with Crippen LogP contribution in [0.3, 0.4) is 0 Å². The molecule has 0 radical (unpaired) electrons. The van der Waals surface area contributed by atoms with Gasteiger partial charge >= 0.3 is 6.09 Å². The third-order valence-electron chi connectivity index (χ3n) is 4.53. The molecule has 9 heteroatoms. The van der Waals surface area contributed by atoms with E-state index >= 15 is 0 Å². The SMILES string of the molecule is O=C(O)NC/C(=C\F)COc1ccc2nc(N3CC4(COC4)C3)oc2c1. The molecule has 1 spiro atoms. The maximum absolute atomic E-state index is 12.8. The predicted molar refractivity (Wildman–Crippen MR) is 90.2 cm³/mol. The highest BCUT2D eigenvalue weighted by Gasteiger charge is 2.50.